The molecule has 1 amide bonds. The maximum atomic E-state index is 12.2. The maximum Gasteiger partial charge on any atom is 0.243 e. The molecule has 0 aliphatic heterocycles. The summed E-state index contributed by atoms with van der Waals surface area (Å²) in [5, 5.41) is 13.4. The van der Waals surface area contributed by atoms with Gasteiger partial charge in [0.2, 0.25) is 5.91 Å². The molecule has 1 saturated carbocycles. The molecule has 2 aromatic carbocycles. The second-order valence-corrected chi connectivity index (χ2v) is 7.65. The second-order valence-electron chi connectivity index (χ2n) is 7.65. The molecule has 4 nitrogen and oxygen atoms in total. The third-order valence-electron chi connectivity index (χ3n) is 4.59. The van der Waals surface area contributed by atoms with Crippen LogP contribution in [0.1, 0.15) is 49.8 Å². The lowest BCUT2D eigenvalue weighted by Crippen LogP contribution is -2.20. The highest BCUT2D eigenvalue weighted by molar-refractivity contribution is 5.85. The number of hydrazone groups is 1. The molecule has 0 aromatic heterocycles. The van der Waals surface area contributed by atoms with E-state index >= 15 is 0 Å². The van der Waals surface area contributed by atoms with Crippen molar-refractivity contribution < 1.29 is 9.90 Å². The number of carbonyl (C=O) groups is 1. The van der Waals surface area contributed by atoms with Gasteiger partial charge in [-0.25, -0.2) is 5.43 Å². The highest BCUT2D eigenvalue weighted by Gasteiger charge is 2.43. The molecule has 0 heterocycles. The maximum absolute atomic E-state index is 12.2. The molecule has 2 atom stereocenters. The lowest BCUT2D eigenvalue weighted by Gasteiger charge is -2.19. The van der Waals surface area contributed by atoms with Gasteiger partial charge in [0.25, 0.3) is 0 Å². The molecule has 3 rings (SSSR count). The Morgan fingerprint density at radius 2 is 1.92 bits per heavy atom. The zero-order chi connectivity index (χ0) is 18.0. The molecular formula is C21H24N2O2. The highest BCUT2D eigenvalue weighted by atomic mass is 16.3. The molecule has 2 N–H and O–H groups in total. The van der Waals surface area contributed by atoms with Gasteiger partial charge < -0.3 is 5.11 Å². The van der Waals surface area contributed by atoms with Crippen LogP contribution in [0.3, 0.4) is 0 Å². The Bertz CT molecular complexity index is 788. The van der Waals surface area contributed by atoms with Crippen molar-refractivity contribution >= 4 is 12.1 Å². The summed E-state index contributed by atoms with van der Waals surface area (Å²) in [4.78, 5) is 12.2. The first-order valence-electron chi connectivity index (χ1n) is 8.57. The lowest BCUT2D eigenvalue weighted by atomic mass is 9.86. The number of nitrogens with zero attached hydrogens (tertiary/aromatic N) is 1. The summed E-state index contributed by atoms with van der Waals surface area (Å²) < 4.78 is 0. The predicted octanol–water partition coefficient (Wildman–Crippen LogP) is 3.94. The SMILES string of the molecule is CC(C)(C)c1ccc(C2CC2C(=O)NN=Cc2cccc(O)c2)cc1. The van der Waals surface area contributed by atoms with Crippen LogP contribution in [0.25, 0.3) is 0 Å². The summed E-state index contributed by atoms with van der Waals surface area (Å²) in [5.41, 5.74) is 5.99. The number of phenolic OH excluding ortho intramolecular Hbond substituents is 1. The largest absolute Gasteiger partial charge is 0.508 e. The van der Waals surface area contributed by atoms with E-state index < -0.39 is 0 Å². The van der Waals surface area contributed by atoms with E-state index in [1.807, 2.05) is 6.07 Å². The van der Waals surface area contributed by atoms with E-state index in [4.69, 9.17) is 0 Å². The Hall–Kier alpha value is -2.62. The number of hydrogen-bond acceptors (Lipinski definition) is 3. The summed E-state index contributed by atoms with van der Waals surface area (Å²) in [6.07, 6.45) is 2.40. The first-order valence-corrected chi connectivity index (χ1v) is 8.57. The van der Waals surface area contributed by atoms with E-state index in [2.05, 4.69) is 55.6 Å². The number of phenols is 1. The summed E-state index contributed by atoms with van der Waals surface area (Å²) >= 11 is 0. The molecule has 1 fully saturated rings. The number of amides is 1. The Morgan fingerprint density at radius 3 is 2.56 bits per heavy atom. The molecule has 130 valence electrons. The zero-order valence-electron chi connectivity index (χ0n) is 14.9. The Kier molecular flexibility index (Phi) is 4.62. The summed E-state index contributed by atoms with van der Waals surface area (Å²) in [6, 6.07) is 15.3. The normalized spacial score (nSPS) is 19.8. The van der Waals surface area contributed by atoms with Crippen molar-refractivity contribution in [2.45, 2.75) is 38.5 Å². The Labute approximate surface area is 148 Å². The van der Waals surface area contributed by atoms with Gasteiger partial charge >= 0.3 is 0 Å². The van der Waals surface area contributed by atoms with Gasteiger partial charge in [0, 0.05) is 5.92 Å². The van der Waals surface area contributed by atoms with Crippen molar-refractivity contribution in [3.05, 3.63) is 65.2 Å². The number of aromatic hydroxyl groups is 1. The van der Waals surface area contributed by atoms with Gasteiger partial charge in [-0.1, -0.05) is 57.2 Å². The number of nitrogens with one attached hydrogen (secondary N) is 1. The molecule has 1 aliphatic carbocycles. The summed E-state index contributed by atoms with van der Waals surface area (Å²) in [6.45, 7) is 6.58. The quantitative estimate of drug-likeness (QED) is 0.656. The zero-order valence-corrected chi connectivity index (χ0v) is 14.9. The lowest BCUT2D eigenvalue weighted by molar-refractivity contribution is -0.122. The molecule has 2 aromatic rings. The van der Waals surface area contributed by atoms with Crippen LogP contribution >= 0.6 is 0 Å². The fraction of sp³-hybridized carbons (Fsp3) is 0.333. The molecule has 0 spiro atoms. The minimum Gasteiger partial charge on any atom is -0.508 e. The second kappa shape index (κ2) is 6.71. The van der Waals surface area contributed by atoms with Crippen LogP contribution in [-0.2, 0) is 10.2 Å². The van der Waals surface area contributed by atoms with Crippen LogP contribution < -0.4 is 5.43 Å². The van der Waals surface area contributed by atoms with E-state index in [1.165, 1.54) is 17.3 Å². The smallest absolute Gasteiger partial charge is 0.243 e. The van der Waals surface area contributed by atoms with Crippen LogP contribution in [0.5, 0.6) is 5.75 Å². The van der Waals surface area contributed by atoms with Gasteiger partial charge in [0.15, 0.2) is 0 Å². The first kappa shape index (κ1) is 17.2. The van der Waals surface area contributed by atoms with Crippen molar-refractivity contribution in [2.75, 3.05) is 0 Å². The average Bonchev–Trinajstić information content (AvgIpc) is 3.35. The van der Waals surface area contributed by atoms with E-state index in [9.17, 15) is 9.90 Å². The molecule has 0 bridgehead atoms. The van der Waals surface area contributed by atoms with E-state index in [0.717, 1.165) is 12.0 Å². The van der Waals surface area contributed by atoms with Crippen LogP contribution in [-0.4, -0.2) is 17.2 Å². The minimum absolute atomic E-state index is 0.0122. The van der Waals surface area contributed by atoms with Crippen molar-refractivity contribution in [3.63, 3.8) is 0 Å². The van der Waals surface area contributed by atoms with E-state index in [0.29, 0.717) is 0 Å². The molecule has 4 heteroatoms. The minimum atomic E-state index is -0.0544. The highest BCUT2D eigenvalue weighted by Crippen LogP contribution is 2.47. The topological polar surface area (TPSA) is 61.7 Å². The van der Waals surface area contributed by atoms with Crippen molar-refractivity contribution in [2.24, 2.45) is 11.0 Å². The van der Waals surface area contributed by atoms with Gasteiger partial charge in [0.05, 0.1) is 6.21 Å². The number of rotatable bonds is 4. The summed E-state index contributed by atoms with van der Waals surface area (Å²) in [7, 11) is 0. The van der Waals surface area contributed by atoms with E-state index in [1.54, 1.807) is 18.2 Å². The molecule has 2 unspecified atom stereocenters. The van der Waals surface area contributed by atoms with E-state index in [-0.39, 0.29) is 28.9 Å². The molecule has 0 radical (unpaired) electrons. The van der Waals surface area contributed by atoms with Gasteiger partial charge in [0.1, 0.15) is 5.75 Å². The van der Waals surface area contributed by atoms with Crippen LogP contribution in [0.4, 0.5) is 0 Å². The number of benzene rings is 2. The molecule has 1 aliphatic rings. The number of carbonyl (C=O) groups excluding carboxylic acids is 1. The van der Waals surface area contributed by atoms with Crippen LogP contribution in [0.2, 0.25) is 0 Å². The third kappa shape index (κ3) is 4.27. The monoisotopic (exact) mass is 336 g/mol. The van der Waals surface area contributed by atoms with Crippen LogP contribution in [0.15, 0.2) is 53.6 Å². The standard InChI is InChI=1S/C21H24N2O2/c1-21(2,3)16-9-7-15(8-10-16)18-12-19(18)20(25)23-22-13-14-5-4-6-17(24)11-14/h4-11,13,18-19,24H,12H2,1-3H3,(H,23,25). The first-order chi connectivity index (χ1) is 11.8. The number of hydrogen-bond donors (Lipinski definition) is 2. The van der Waals surface area contributed by atoms with Crippen molar-refractivity contribution in [1.29, 1.82) is 0 Å². The Balaban J connectivity index is 1.55. The fourth-order valence-electron chi connectivity index (χ4n) is 2.94. The van der Waals surface area contributed by atoms with Crippen molar-refractivity contribution in [1.82, 2.24) is 5.43 Å². The average molecular weight is 336 g/mol. The van der Waals surface area contributed by atoms with Gasteiger partial charge in [-0.15, -0.1) is 0 Å². The molecule has 0 saturated heterocycles. The summed E-state index contributed by atoms with van der Waals surface area (Å²) in [5.74, 6) is 0.393. The molecule has 25 heavy (non-hydrogen) atoms. The molecular weight excluding hydrogens is 312 g/mol. The Morgan fingerprint density at radius 1 is 1.20 bits per heavy atom. The fourth-order valence-corrected chi connectivity index (χ4v) is 2.94. The van der Waals surface area contributed by atoms with Crippen LogP contribution in [0, 0.1) is 5.92 Å². The van der Waals surface area contributed by atoms with Gasteiger partial charge in [-0.2, -0.15) is 5.10 Å². The third-order valence-corrected chi connectivity index (χ3v) is 4.59. The van der Waals surface area contributed by atoms with Crippen molar-refractivity contribution in [3.8, 4) is 5.75 Å². The van der Waals surface area contributed by atoms with Gasteiger partial charge in [-0.05, 0) is 46.6 Å². The van der Waals surface area contributed by atoms with Gasteiger partial charge in [-0.3, -0.25) is 4.79 Å². The predicted molar refractivity (Wildman–Crippen MR) is 99.8 cm³/mol.